The maximum atomic E-state index is 12.3. The van der Waals surface area contributed by atoms with Gasteiger partial charge in [-0.15, -0.1) is 0 Å². The molecule has 0 aromatic heterocycles. The molecular weight excluding hydrogens is 348 g/mol. The third kappa shape index (κ3) is 4.27. The summed E-state index contributed by atoms with van der Waals surface area (Å²) in [5, 5.41) is 10.1. The summed E-state index contributed by atoms with van der Waals surface area (Å²) in [6.07, 6.45) is 12.7. The minimum atomic E-state index is 0.214. The highest BCUT2D eigenvalue weighted by Crippen LogP contribution is 2.37. The van der Waals surface area contributed by atoms with Crippen LogP contribution in [-0.2, 0) is 11.2 Å². The van der Waals surface area contributed by atoms with Gasteiger partial charge in [-0.2, -0.15) is 0 Å². The molecule has 1 saturated heterocycles. The van der Waals surface area contributed by atoms with Gasteiger partial charge in [0.1, 0.15) is 11.5 Å². The number of rotatable bonds is 2. The summed E-state index contributed by atoms with van der Waals surface area (Å²) >= 11 is 0. The van der Waals surface area contributed by atoms with E-state index in [1.165, 1.54) is 44.9 Å². The van der Waals surface area contributed by atoms with E-state index >= 15 is 0 Å². The molecule has 0 atom stereocenters. The number of allylic oxidation sites excluding steroid dienone is 1. The number of Topliss-reactive ketones (excluding diaryl/α,β-unsaturated/α-hetero) is 1. The van der Waals surface area contributed by atoms with Crippen LogP contribution in [0, 0.1) is 0 Å². The van der Waals surface area contributed by atoms with Crippen molar-refractivity contribution in [3.05, 3.63) is 36.0 Å². The first-order chi connectivity index (χ1) is 13.6. The zero-order valence-electron chi connectivity index (χ0n) is 17.0. The molecular formula is C24H34N2O2. The fourth-order valence-electron chi connectivity index (χ4n) is 5.45. The molecule has 1 N–H and O–H groups in total. The van der Waals surface area contributed by atoms with Crippen LogP contribution in [0.4, 0.5) is 5.69 Å². The molecule has 4 nitrogen and oxygen atoms in total. The third-order valence-corrected chi connectivity index (χ3v) is 6.91. The zero-order chi connectivity index (χ0) is 19.5. The number of likely N-dealkylation sites (tertiary alicyclic amines) is 1. The first kappa shape index (κ1) is 19.5. The van der Waals surface area contributed by atoms with E-state index in [2.05, 4.69) is 16.4 Å². The number of carbonyl (C=O) groups is 1. The van der Waals surface area contributed by atoms with Crippen molar-refractivity contribution in [1.82, 2.24) is 4.90 Å². The minimum Gasteiger partial charge on any atom is -0.508 e. The van der Waals surface area contributed by atoms with Gasteiger partial charge >= 0.3 is 0 Å². The van der Waals surface area contributed by atoms with Crippen molar-refractivity contribution in [1.29, 1.82) is 0 Å². The normalized spacial score (nSPS) is 23.8. The molecule has 1 aliphatic carbocycles. The first-order valence-electron chi connectivity index (χ1n) is 11.2. The van der Waals surface area contributed by atoms with Crippen molar-refractivity contribution in [2.24, 2.45) is 0 Å². The standard InChI is InChI=1S/C24H34N2O2/c1-18-15-23(28)16-19-9-10-22(27)17-24(19)26(18)21-11-13-25(14-12-21)20-7-5-3-2-4-6-8-20/h9-10,17,20-21,27H,1-8,11-16H2. The lowest BCUT2D eigenvalue weighted by Gasteiger charge is -2.43. The Labute approximate surface area is 169 Å². The molecule has 0 spiro atoms. The van der Waals surface area contributed by atoms with Gasteiger partial charge in [-0.1, -0.05) is 44.7 Å². The lowest BCUT2D eigenvalue weighted by atomic mass is 9.92. The first-order valence-corrected chi connectivity index (χ1v) is 11.2. The molecule has 2 fully saturated rings. The summed E-state index contributed by atoms with van der Waals surface area (Å²) in [4.78, 5) is 17.3. The third-order valence-electron chi connectivity index (χ3n) is 6.91. The van der Waals surface area contributed by atoms with Crippen LogP contribution in [-0.4, -0.2) is 41.0 Å². The van der Waals surface area contributed by atoms with Crippen LogP contribution in [0.2, 0.25) is 0 Å². The number of anilines is 1. The van der Waals surface area contributed by atoms with E-state index in [0.717, 1.165) is 48.9 Å². The van der Waals surface area contributed by atoms with E-state index < -0.39 is 0 Å². The summed E-state index contributed by atoms with van der Waals surface area (Å²) in [5.74, 6) is 0.476. The molecule has 1 aromatic rings. The van der Waals surface area contributed by atoms with E-state index in [4.69, 9.17) is 0 Å². The van der Waals surface area contributed by atoms with Crippen LogP contribution in [0.25, 0.3) is 0 Å². The average molecular weight is 383 g/mol. The minimum absolute atomic E-state index is 0.214. The molecule has 1 saturated carbocycles. The topological polar surface area (TPSA) is 43.8 Å². The van der Waals surface area contributed by atoms with Crippen LogP contribution in [0.3, 0.4) is 0 Å². The van der Waals surface area contributed by atoms with E-state index in [1.807, 2.05) is 12.1 Å². The highest BCUT2D eigenvalue weighted by molar-refractivity contribution is 5.88. The Kier molecular flexibility index (Phi) is 6.05. The van der Waals surface area contributed by atoms with Gasteiger partial charge in [-0.05, 0) is 37.3 Å². The van der Waals surface area contributed by atoms with Crippen molar-refractivity contribution < 1.29 is 9.90 Å². The van der Waals surface area contributed by atoms with Crippen molar-refractivity contribution in [2.75, 3.05) is 18.0 Å². The molecule has 1 aromatic carbocycles. The van der Waals surface area contributed by atoms with Gasteiger partial charge in [0.25, 0.3) is 0 Å². The Bertz CT molecular complexity index is 713. The van der Waals surface area contributed by atoms with Crippen molar-refractivity contribution in [2.45, 2.75) is 82.7 Å². The van der Waals surface area contributed by atoms with Crippen LogP contribution in [0.15, 0.2) is 30.5 Å². The summed E-state index contributed by atoms with van der Waals surface area (Å²) in [5.41, 5.74) is 2.89. The van der Waals surface area contributed by atoms with E-state index in [9.17, 15) is 9.90 Å². The number of phenols is 1. The smallest absolute Gasteiger partial charge is 0.143 e. The Balaban J connectivity index is 1.48. The van der Waals surface area contributed by atoms with Crippen LogP contribution in [0.5, 0.6) is 5.75 Å². The molecule has 3 aliphatic rings. The van der Waals surface area contributed by atoms with E-state index in [-0.39, 0.29) is 11.5 Å². The Morgan fingerprint density at radius 2 is 1.57 bits per heavy atom. The molecule has 0 radical (unpaired) electrons. The predicted octanol–water partition coefficient (Wildman–Crippen LogP) is 4.80. The van der Waals surface area contributed by atoms with Crippen LogP contribution < -0.4 is 4.90 Å². The zero-order valence-corrected chi connectivity index (χ0v) is 17.0. The number of benzene rings is 1. The number of piperidine rings is 1. The lowest BCUT2D eigenvalue weighted by molar-refractivity contribution is -0.117. The summed E-state index contributed by atoms with van der Waals surface area (Å²) in [6, 6.07) is 6.53. The summed E-state index contributed by atoms with van der Waals surface area (Å²) in [7, 11) is 0. The Morgan fingerprint density at radius 3 is 2.29 bits per heavy atom. The second kappa shape index (κ2) is 8.69. The largest absolute Gasteiger partial charge is 0.508 e. The molecule has 4 heteroatoms. The quantitative estimate of drug-likeness (QED) is 0.797. The SMILES string of the molecule is C=C1CC(=O)Cc2ccc(O)cc2N1C1CCN(C2CCCCCCC2)CC1. The number of carbonyl (C=O) groups excluding carboxylic acids is 1. The van der Waals surface area contributed by atoms with Gasteiger partial charge in [0, 0.05) is 55.5 Å². The van der Waals surface area contributed by atoms with Gasteiger partial charge in [0.15, 0.2) is 0 Å². The molecule has 4 rings (SSSR count). The molecule has 0 bridgehead atoms. The van der Waals surface area contributed by atoms with Gasteiger partial charge in [0.05, 0.1) is 0 Å². The monoisotopic (exact) mass is 382 g/mol. The number of aromatic hydroxyl groups is 1. The molecule has 152 valence electrons. The number of fused-ring (bicyclic) bond motifs is 1. The number of nitrogens with zero attached hydrogens (tertiary/aromatic N) is 2. The van der Waals surface area contributed by atoms with Gasteiger partial charge in [-0.25, -0.2) is 0 Å². The van der Waals surface area contributed by atoms with Gasteiger partial charge in [-0.3, -0.25) is 4.79 Å². The van der Waals surface area contributed by atoms with E-state index in [1.54, 1.807) is 6.07 Å². The second-order valence-electron chi connectivity index (χ2n) is 8.91. The summed E-state index contributed by atoms with van der Waals surface area (Å²) < 4.78 is 0. The summed E-state index contributed by atoms with van der Waals surface area (Å²) in [6.45, 7) is 6.50. The number of ketones is 1. The Hall–Kier alpha value is -1.81. The van der Waals surface area contributed by atoms with Crippen molar-refractivity contribution in [3.63, 3.8) is 0 Å². The molecule has 0 amide bonds. The van der Waals surface area contributed by atoms with Crippen molar-refractivity contribution in [3.8, 4) is 5.75 Å². The number of hydrogen-bond donors (Lipinski definition) is 1. The maximum Gasteiger partial charge on any atom is 0.143 e. The maximum absolute atomic E-state index is 12.3. The molecule has 2 heterocycles. The van der Waals surface area contributed by atoms with Crippen LogP contribution in [0.1, 0.15) is 69.8 Å². The molecule has 0 unspecified atom stereocenters. The predicted molar refractivity (Wildman–Crippen MR) is 114 cm³/mol. The fraction of sp³-hybridized carbons (Fsp3) is 0.625. The van der Waals surface area contributed by atoms with Crippen LogP contribution >= 0.6 is 0 Å². The molecule has 28 heavy (non-hydrogen) atoms. The average Bonchev–Trinajstić information content (AvgIpc) is 2.76. The van der Waals surface area contributed by atoms with Gasteiger partial charge < -0.3 is 14.9 Å². The fourth-order valence-corrected chi connectivity index (χ4v) is 5.45. The molecule has 2 aliphatic heterocycles. The van der Waals surface area contributed by atoms with E-state index in [0.29, 0.717) is 18.9 Å². The number of phenolic OH excluding ortho intramolecular Hbond substituents is 1. The van der Waals surface area contributed by atoms with Gasteiger partial charge in [0.2, 0.25) is 0 Å². The highest BCUT2D eigenvalue weighted by atomic mass is 16.3. The number of hydrogen-bond acceptors (Lipinski definition) is 4. The Morgan fingerprint density at radius 1 is 0.893 bits per heavy atom. The lowest BCUT2D eigenvalue weighted by Crippen LogP contribution is -2.48. The second-order valence-corrected chi connectivity index (χ2v) is 8.91. The highest BCUT2D eigenvalue weighted by Gasteiger charge is 2.32. The van der Waals surface area contributed by atoms with Crippen molar-refractivity contribution >= 4 is 11.5 Å².